The van der Waals surface area contributed by atoms with E-state index in [1.807, 2.05) is 38.1 Å². The van der Waals surface area contributed by atoms with Crippen LogP contribution in [0.5, 0.6) is 0 Å². The van der Waals surface area contributed by atoms with Crippen molar-refractivity contribution < 1.29 is 0 Å². The summed E-state index contributed by atoms with van der Waals surface area (Å²) in [6, 6.07) is 7.90. The number of hydrogen-bond donors (Lipinski definition) is 0. The van der Waals surface area contributed by atoms with Crippen LogP contribution in [0.1, 0.15) is 17.0 Å². The van der Waals surface area contributed by atoms with Gasteiger partial charge in [-0.1, -0.05) is 35.5 Å². The number of thioether (sulfide) groups is 1. The topological polar surface area (TPSA) is 25.8 Å². The number of benzene rings is 1. The van der Waals surface area contributed by atoms with Gasteiger partial charge in [0.25, 0.3) is 0 Å². The van der Waals surface area contributed by atoms with Crippen molar-refractivity contribution in [3.05, 3.63) is 50.7 Å². The number of aromatic nitrogens is 2. The Morgan fingerprint density at radius 1 is 1.22 bits per heavy atom. The van der Waals surface area contributed by atoms with Crippen LogP contribution in [0.25, 0.3) is 0 Å². The van der Waals surface area contributed by atoms with Crippen molar-refractivity contribution in [2.45, 2.75) is 24.8 Å². The van der Waals surface area contributed by atoms with Crippen LogP contribution in [-0.4, -0.2) is 9.97 Å². The van der Waals surface area contributed by atoms with Gasteiger partial charge in [0.1, 0.15) is 0 Å². The van der Waals surface area contributed by atoms with E-state index in [9.17, 15) is 0 Å². The van der Waals surface area contributed by atoms with Gasteiger partial charge in [-0.2, -0.15) is 0 Å². The van der Waals surface area contributed by atoms with Crippen LogP contribution < -0.4 is 0 Å². The van der Waals surface area contributed by atoms with Gasteiger partial charge < -0.3 is 0 Å². The fraction of sp³-hybridized carbons (Fsp3) is 0.231. The zero-order valence-electron chi connectivity index (χ0n) is 10.1. The summed E-state index contributed by atoms with van der Waals surface area (Å²) in [4.78, 5) is 8.80. The van der Waals surface area contributed by atoms with Crippen molar-refractivity contribution in [2.24, 2.45) is 0 Å². The van der Waals surface area contributed by atoms with Crippen LogP contribution in [0, 0.1) is 13.8 Å². The maximum atomic E-state index is 6.22. The van der Waals surface area contributed by atoms with Crippen LogP contribution in [0.15, 0.2) is 33.9 Å². The molecule has 94 valence electrons. The van der Waals surface area contributed by atoms with E-state index in [1.165, 1.54) is 0 Å². The zero-order chi connectivity index (χ0) is 13.1. The molecule has 1 heterocycles. The van der Waals surface area contributed by atoms with Gasteiger partial charge in [-0.3, -0.25) is 0 Å². The van der Waals surface area contributed by atoms with Crippen molar-refractivity contribution in [3.63, 3.8) is 0 Å². The van der Waals surface area contributed by atoms with Crippen LogP contribution in [0.2, 0.25) is 5.02 Å². The van der Waals surface area contributed by atoms with Crippen molar-refractivity contribution in [1.82, 2.24) is 9.97 Å². The smallest absolute Gasteiger partial charge is 0.188 e. The van der Waals surface area contributed by atoms with Crippen LogP contribution in [0.3, 0.4) is 0 Å². The molecular formula is C13H12BrClN2S. The molecule has 0 aliphatic carbocycles. The first kappa shape index (κ1) is 13.8. The standard InChI is InChI=1S/C13H12BrClN2S/c1-8-6-9(2)17-13(16-8)18-7-10-4-3-5-11(14)12(10)15/h3-6H,7H2,1-2H3. The van der Waals surface area contributed by atoms with E-state index in [1.54, 1.807) is 11.8 Å². The molecule has 0 aliphatic heterocycles. The number of halogens is 2. The molecule has 0 N–H and O–H groups in total. The summed E-state index contributed by atoms with van der Waals surface area (Å²) in [6.45, 7) is 3.95. The van der Waals surface area contributed by atoms with Gasteiger partial charge in [0.05, 0.1) is 5.02 Å². The molecule has 5 heteroatoms. The van der Waals surface area contributed by atoms with E-state index >= 15 is 0 Å². The fourth-order valence-electron chi connectivity index (χ4n) is 1.56. The Bertz CT molecular complexity index is 555. The van der Waals surface area contributed by atoms with Crippen molar-refractivity contribution >= 4 is 39.3 Å². The third-order valence-corrected chi connectivity index (χ3v) is 4.58. The molecule has 0 unspecified atom stereocenters. The molecule has 0 bridgehead atoms. The summed E-state index contributed by atoms with van der Waals surface area (Å²) in [7, 11) is 0. The lowest BCUT2D eigenvalue weighted by Gasteiger charge is -2.06. The Balaban J connectivity index is 2.14. The van der Waals surface area contributed by atoms with Gasteiger partial charge in [-0.05, 0) is 47.5 Å². The highest BCUT2D eigenvalue weighted by atomic mass is 79.9. The predicted molar refractivity (Wildman–Crippen MR) is 80.2 cm³/mol. The Kier molecular flexibility index (Phi) is 4.65. The lowest BCUT2D eigenvalue weighted by atomic mass is 10.2. The lowest BCUT2D eigenvalue weighted by molar-refractivity contribution is 0.902. The first-order chi connectivity index (χ1) is 8.56. The van der Waals surface area contributed by atoms with Crippen molar-refractivity contribution in [2.75, 3.05) is 0 Å². The lowest BCUT2D eigenvalue weighted by Crippen LogP contribution is -1.93. The molecule has 2 aromatic rings. The van der Waals surface area contributed by atoms with Gasteiger partial charge >= 0.3 is 0 Å². The number of aryl methyl sites for hydroxylation is 2. The molecule has 0 saturated carbocycles. The highest BCUT2D eigenvalue weighted by Crippen LogP contribution is 2.30. The Labute approximate surface area is 124 Å². The molecule has 0 fully saturated rings. The fourth-order valence-corrected chi connectivity index (χ4v) is 3.18. The summed E-state index contributed by atoms with van der Waals surface area (Å²) in [6.07, 6.45) is 0. The first-order valence-electron chi connectivity index (χ1n) is 5.44. The van der Waals surface area contributed by atoms with Gasteiger partial charge in [0.2, 0.25) is 0 Å². The van der Waals surface area contributed by atoms with Crippen molar-refractivity contribution in [1.29, 1.82) is 0 Å². The minimum Gasteiger partial charge on any atom is -0.228 e. The van der Waals surface area contributed by atoms with Crippen LogP contribution in [-0.2, 0) is 5.75 Å². The average Bonchev–Trinajstić information content (AvgIpc) is 2.30. The molecule has 1 aromatic heterocycles. The van der Waals surface area contributed by atoms with Crippen LogP contribution >= 0.6 is 39.3 Å². The van der Waals surface area contributed by atoms with Gasteiger partial charge in [0, 0.05) is 21.6 Å². The minimum atomic E-state index is 0.759. The summed E-state index contributed by atoms with van der Waals surface area (Å²) >= 11 is 11.2. The molecule has 0 spiro atoms. The Hall–Kier alpha value is -0.580. The molecular weight excluding hydrogens is 332 g/mol. The maximum Gasteiger partial charge on any atom is 0.188 e. The quantitative estimate of drug-likeness (QED) is 0.591. The van der Waals surface area contributed by atoms with E-state index in [0.29, 0.717) is 0 Å². The third-order valence-electron chi connectivity index (χ3n) is 2.35. The highest BCUT2D eigenvalue weighted by Gasteiger charge is 2.06. The average molecular weight is 344 g/mol. The summed E-state index contributed by atoms with van der Waals surface area (Å²) in [5.74, 6) is 0.765. The van der Waals surface area contributed by atoms with Crippen LogP contribution in [0.4, 0.5) is 0 Å². The molecule has 0 saturated heterocycles. The first-order valence-corrected chi connectivity index (χ1v) is 7.60. The largest absolute Gasteiger partial charge is 0.228 e. The highest BCUT2D eigenvalue weighted by molar-refractivity contribution is 9.10. The number of nitrogens with zero attached hydrogens (tertiary/aromatic N) is 2. The van der Waals surface area contributed by atoms with Gasteiger partial charge in [-0.15, -0.1) is 0 Å². The molecule has 18 heavy (non-hydrogen) atoms. The second-order valence-corrected chi connectivity index (χ2v) is 6.11. The Morgan fingerprint density at radius 3 is 2.56 bits per heavy atom. The minimum absolute atomic E-state index is 0.759. The van der Waals surface area contributed by atoms with E-state index in [4.69, 9.17) is 11.6 Å². The molecule has 0 aliphatic rings. The second kappa shape index (κ2) is 6.04. The summed E-state index contributed by atoms with van der Waals surface area (Å²) < 4.78 is 0.920. The van der Waals surface area contributed by atoms with Gasteiger partial charge in [0.15, 0.2) is 5.16 Å². The SMILES string of the molecule is Cc1cc(C)nc(SCc2cccc(Br)c2Cl)n1. The van der Waals surface area contributed by atoms with E-state index < -0.39 is 0 Å². The molecule has 1 aromatic carbocycles. The Morgan fingerprint density at radius 2 is 1.89 bits per heavy atom. The third kappa shape index (κ3) is 3.46. The van der Waals surface area contributed by atoms with E-state index in [0.717, 1.165) is 37.4 Å². The van der Waals surface area contributed by atoms with E-state index in [-0.39, 0.29) is 0 Å². The molecule has 2 nitrogen and oxygen atoms in total. The van der Waals surface area contributed by atoms with E-state index in [2.05, 4.69) is 25.9 Å². The summed E-state index contributed by atoms with van der Waals surface area (Å²) in [5, 5.41) is 1.55. The maximum absolute atomic E-state index is 6.22. The number of rotatable bonds is 3. The molecule has 0 atom stereocenters. The summed E-state index contributed by atoms with van der Waals surface area (Å²) in [5.41, 5.74) is 3.06. The normalized spacial score (nSPS) is 10.7. The predicted octanol–water partition coefficient (Wildman–Crippen LogP) is 4.80. The second-order valence-electron chi connectivity index (χ2n) is 3.93. The molecule has 2 rings (SSSR count). The van der Waals surface area contributed by atoms with Crippen molar-refractivity contribution in [3.8, 4) is 0 Å². The zero-order valence-corrected chi connectivity index (χ0v) is 13.2. The molecule has 0 radical (unpaired) electrons. The number of hydrogen-bond acceptors (Lipinski definition) is 3. The monoisotopic (exact) mass is 342 g/mol. The molecule has 0 amide bonds. The van der Waals surface area contributed by atoms with Gasteiger partial charge in [-0.25, -0.2) is 9.97 Å².